The normalized spacial score (nSPS) is 10.8. The minimum Gasteiger partial charge on any atom is -0.422 e. The molecular formula is C19H15FO4S. The average Bonchev–Trinajstić information content (AvgIpc) is 2.96. The number of halogens is 1. The summed E-state index contributed by atoms with van der Waals surface area (Å²) in [6.45, 7) is 1.57. The summed E-state index contributed by atoms with van der Waals surface area (Å²) < 4.78 is 25.3. The Morgan fingerprint density at radius 2 is 1.84 bits per heavy atom. The molecule has 4 nitrogen and oxygen atoms in total. The topological polar surface area (TPSA) is 52.6 Å². The van der Waals surface area contributed by atoms with E-state index in [1.54, 1.807) is 36.4 Å². The monoisotopic (exact) mass is 358 g/mol. The zero-order chi connectivity index (χ0) is 18.0. The summed E-state index contributed by atoms with van der Waals surface area (Å²) >= 11 is 1.16. The van der Waals surface area contributed by atoms with E-state index in [1.165, 1.54) is 20.1 Å². The molecule has 0 spiro atoms. The lowest BCUT2D eigenvalue weighted by atomic mass is 10.1. The summed E-state index contributed by atoms with van der Waals surface area (Å²) in [5.74, 6) is -0.731. The summed E-state index contributed by atoms with van der Waals surface area (Å²) in [5, 5.41) is 0.383. The molecule has 0 aliphatic heterocycles. The van der Waals surface area contributed by atoms with Gasteiger partial charge in [-0.1, -0.05) is 6.07 Å². The molecule has 0 atom stereocenters. The predicted octanol–water partition coefficient (Wildman–Crippen LogP) is 4.61. The van der Waals surface area contributed by atoms with Gasteiger partial charge in [0.25, 0.3) is 0 Å². The van der Waals surface area contributed by atoms with Gasteiger partial charge in [-0.05, 0) is 43.3 Å². The van der Waals surface area contributed by atoms with Crippen LogP contribution < -0.4 is 4.74 Å². The fourth-order valence-electron chi connectivity index (χ4n) is 2.53. The third kappa shape index (κ3) is 3.45. The Morgan fingerprint density at radius 3 is 2.48 bits per heavy atom. The van der Waals surface area contributed by atoms with Crippen molar-refractivity contribution < 1.29 is 23.5 Å². The van der Waals surface area contributed by atoms with Crippen LogP contribution in [0.4, 0.5) is 4.39 Å². The maximum absolute atomic E-state index is 14.2. The van der Waals surface area contributed by atoms with Crippen molar-refractivity contribution in [2.75, 3.05) is 7.11 Å². The van der Waals surface area contributed by atoms with E-state index in [-0.39, 0.29) is 12.4 Å². The van der Waals surface area contributed by atoms with Gasteiger partial charge < -0.3 is 9.47 Å². The second-order valence-electron chi connectivity index (χ2n) is 5.43. The van der Waals surface area contributed by atoms with Crippen molar-refractivity contribution in [1.29, 1.82) is 0 Å². The van der Waals surface area contributed by atoms with Gasteiger partial charge in [-0.25, -0.2) is 9.18 Å². The van der Waals surface area contributed by atoms with Gasteiger partial charge in [0.2, 0.25) is 0 Å². The average molecular weight is 358 g/mol. The lowest BCUT2D eigenvalue weighted by Gasteiger charge is -2.06. The Hall–Kier alpha value is -2.57. The number of esters is 1. The van der Waals surface area contributed by atoms with Gasteiger partial charge in [-0.2, -0.15) is 0 Å². The number of Topliss-reactive ketones (excluding diaryl/α,β-unsaturated/α-hetero) is 1. The first-order chi connectivity index (χ1) is 12.0. The second-order valence-corrected chi connectivity index (χ2v) is 6.48. The van der Waals surface area contributed by atoms with Crippen LogP contribution in [0.5, 0.6) is 5.75 Å². The number of carbonyl (C=O) groups excluding carboxylic acids is 2. The molecule has 0 saturated heterocycles. The number of ketones is 1. The van der Waals surface area contributed by atoms with Crippen molar-refractivity contribution in [3.8, 4) is 5.75 Å². The first-order valence-electron chi connectivity index (χ1n) is 7.53. The van der Waals surface area contributed by atoms with E-state index in [9.17, 15) is 14.0 Å². The molecule has 2 aromatic carbocycles. The largest absolute Gasteiger partial charge is 0.422 e. The number of fused-ring (bicyclic) bond motifs is 1. The van der Waals surface area contributed by atoms with Gasteiger partial charge in [-0.15, -0.1) is 11.3 Å². The van der Waals surface area contributed by atoms with E-state index in [4.69, 9.17) is 9.47 Å². The van der Waals surface area contributed by atoms with Gasteiger partial charge >= 0.3 is 5.97 Å². The molecule has 0 bridgehead atoms. The summed E-state index contributed by atoms with van der Waals surface area (Å²) in [4.78, 5) is 24.1. The number of hydrogen-bond acceptors (Lipinski definition) is 5. The molecule has 1 aromatic heterocycles. The number of methoxy groups -OCH3 is 1. The van der Waals surface area contributed by atoms with Crippen LogP contribution >= 0.6 is 11.3 Å². The number of benzene rings is 2. The molecule has 128 valence electrons. The maximum atomic E-state index is 14.2. The van der Waals surface area contributed by atoms with Crippen LogP contribution in [0.15, 0.2) is 42.5 Å². The van der Waals surface area contributed by atoms with E-state index in [2.05, 4.69) is 0 Å². The van der Waals surface area contributed by atoms with Crippen molar-refractivity contribution in [3.63, 3.8) is 0 Å². The Kier molecular flexibility index (Phi) is 4.92. The molecule has 0 aliphatic carbocycles. The van der Waals surface area contributed by atoms with Crippen LogP contribution in [0.3, 0.4) is 0 Å². The highest BCUT2D eigenvalue weighted by Gasteiger charge is 2.22. The van der Waals surface area contributed by atoms with Gasteiger partial charge in [0.1, 0.15) is 16.4 Å². The van der Waals surface area contributed by atoms with E-state index in [1.807, 2.05) is 0 Å². The molecule has 0 aliphatic rings. The molecule has 0 amide bonds. The fourth-order valence-corrected chi connectivity index (χ4v) is 3.62. The standard InChI is InChI=1S/C19H15FO4S/c1-11(21)12-6-8-13(9-7-12)24-19(22)18-14(10-23-2)17-15(20)4-3-5-16(17)25-18/h3-9H,10H2,1-2H3. The summed E-state index contributed by atoms with van der Waals surface area (Å²) in [6.07, 6.45) is 0. The molecule has 0 radical (unpaired) electrons. The maximum Gasteiger partial charge on any atom is 0.354 e. The molecular weight excluding hydrogens is 343 g/mol. The quantitative estimate of drug-likeness (QED) is 0.380. The number of ether oxygens (including phenoxy) is 2. The Labute approximate surface area is 147 Å². The molecule has 0 fully saturated rings. The lowest BCUT2D eigenvalue weighted by molar-refractivity contribution is 0.0735. The highest BCUT2D eigenvalue weighted by Crippen LogP contribution is 2.34. The van der Waals surface area contributed by atoms with E-state index in [0.717, 1.165) is 11.3 Å². The Morgan fingerprint density at radius 1 is 1.12 bits per heavy atom. The first kappa shape index (κ1) is 17.3. The van der Waals surface area contributed by atoms with Crippen LogP contribution in [0.25, 0.3) is 10.1 Å². The molecule has 0 saturated carbocycles. The molecule has 25 heavy (non-hydrogen) atoms. The van der Waals surface area contributed by atoms with Crippen molar-refractivity contribution in [2.24, 2.45) is 0 Å². The van der Waals surface area contributed by atoms with E-state index >= 15 is 0 Å². The van der Waals surface area contributed by atoms with Crippen LogP contribution in [-0.4, -0.2) is 18.9 Å². The van der Waals surface area contributed by atoms with Gasteiger partial charge in [0.15, 0.2) is 5.78 Å². The Bertz CT molecular complexity index is 944. The predicted molar refractivity (Wildman–Crippen MR) is 93.9 cm³/mol. The van der Waals surface area contributed by atoms with Crippen LogP contribution in [0.1, 0.15) is 32.5 Å². The number of thiophene rings is 1. The minimum atomic E-state index is -0.580. The van der Waals surface area contributed by atoms with Crippen LogP contribution in [-0.2, 0) is 11.3 Å². The molecule has 6 heteroatoms. The van der Waals surface area contributed by atoms with Crippen LogP contribution in [0.2, 0.25) is 0 Å². The third-order valence-corrected chi connectivity index (χ3v) is 4.89. The lowest BCUT2D eigenvalue weighted by Crippen LogP contribution is -2.09. The summed E-state index contributed by atoms with van der Waals surface area (Å²) in [7, 11) is 1.49. The second kappa shape index (κ2) is 7.13. The first-order valence-corrected chi connectivity index (χ1v) is 8.35. The number of rotatable bonds is 5. The zero-order valence-corrected chi connectivity index (χ0v) is 14.5. The molecule has 3 aromatic rings. The van der Waals surface area contributed by atoms with E-state index in [0.29, 0.717) is 31.8 Å². The molecule has 1 heterocycles. The summed E-state index contributed by atoms with van der Waals surface area (Å²) in [5.41, 5.74) is 1.01. The van der Waals surface area contributed by atoms with Gasteiger partial charge in [-0.3, -0.25) is 4.79 Å². The van der Waals surface area contributed by atoms with Crippen molar-refractivity contribution in [1.82, 2.24) is 0 Å². The van der Waals surface area contributed by atoms with Crippen molar-refractivity contribution in [2.45, 2.75) is 13.5 Å². The third-order valence-electron chi connectivity index (χ3n) is 3.71. The highest BCUT2D eigenvalue weighted by molar-refractivity contribution is 7.21. The SMILES string of the molecule is COCc1c(C(=O)Oc2ccc(C(C)=O)cc2)sc2cccc(F)c12. The fraction of sp³-hybridized carbons (Fsp3) is 0.158. The molecule has 3 rings (SSSR count). The summed E-state index contributed by atoms with van der Waals surface area (Å²) in [6, 6.07) is 11.0. The van der Waals surface area contributed by atoms with Crippen molar-refractivity contribution in [3.05, 3.63) is 64.3 Å². The van der Waals surface area contributed by atoms with E-state index < -0.39 is 11.8 Å². The highest BCUT2D eigenvalue weighted by atomic mass is 32.1. The number of hydrogen-bond donors (Lipinski definition) is 0. The van der Waals surface area contributed by atoms with Crippen LogP contribution in [0, 0.1) is 5.82 Å². The number of carbonyl (C=O) groups is 2. The molecule has 0 N–H and O–H groups in total. The smallest absolute Gasteiger partial charge is 0.354 e. The zero-order valence-electron chi connectivity index (χ0n) is 13.7. The van der Waals surface area contributed by atoms with Gasteiger partial charge in [0, 0.05) is 28.3 Å². The van der Waals surface area contributed by atoms with Crippen molar-refractivity contribution >= 4 is 33.2 Å². The van der Waals surface area contributed by atoms with Gasteiger partial charge in [0.05, 0.1) is 6.61 Å². The Balaban J connectivity index is 1.95. The molecule has 0 unspecified atom stereocenters. The minimum absolute atomic E-state index is 0.0692.